The Kier molecular flexibility index (Phi) is 5.02. The summed E-state index contributed by atoms with van der Waals surface area (Å²) in [5.74, 6) is 0.956. The molecule has 3 heteroatoms. The van der Waals surface area contributed by atoms with Crippen molar-refractivity contribution in [2.75, 3.05) is 13.7 Å². The van der Waals surface area contributed by atoms with Crippen LogP contribution in [0.25, 0.3) is 0 Å². The molecule has 0 radical (unpaired) electrons. The van der Waals surface area contributed by atoms with Gasteiger partial charge in [0.1, 0.15) is 5.75 Å². The monoisotopic (exact) mass is 249 g/mol. The first-order valence-corrected chi connectivity index (χ1v) is 6.79. The van der Waals surface area contributed by atoms with Gasteiger partial charge in [0.25, 0.3) is 0 Å². The van der Waals surface area contributed by atoms with Crippen LogP contribution in [-0.4, -0.2) is 25.9 Å². The molecule has 1 aliphatic carbocycles. The van der Waals surface area contributed by atoms with Crippen molar-refractivity contribution < 1.29 is 9.47 Å². The summed E-state index contributed by atoms with van der Waals surface area (Å²) in [5, 5.41) is 3.60. The maximum atomic E-state index is 5.50. The van der Waals surface area contributed by atoms with E-state index >= 15 is 0 Å². The van der Waals surface area contributed by atoms with E-state index in [1.165, 1.54) is 18.4 Å². The molecule has 1 N–H and O–H groups in total. The van der Waals surface area contributed by atoms with E-state index in [1.807, 2.05) is 13.0 Å². The highest BCUT2D eigenvalue weighted by Crippen LogP contribution is 2.22. The first-order valence-electron chi connectivity index (χ1n) is 6.79. The number of methoxy groups -OCH3 is 1. The van der Waals surface area contributed by atoms with E-state index in [9.17, 15) is 0 Å². The molecular formula is C15H23NO2. The lowest BCUT2D eigenvalue weighted by Gasteiger charge is -2.13. The molecule has 0 aliphatic heterocycles. The second-order valence-electron chi connectivity index (χ2n) is 4.83. The van der Waals surface area contributed by atoms with Crippen molar-refractivity contribution in [3.63, 3.8) is 0 Å². The summed E-state index contributed by atoms with van der Waals surface area (Å²) < 4.78 is 10.9. The molecular weight excluding hydrogens is 226 g/mol. The molecule has 0 saturated heterocycles. The summed E-state index contributed by atoms with van der Waals surface area (Å²) in [4.78, 5) is 0. The van der Waals surface area contributed by atoms with Crippen LogP contribution in [0.4, 0.5) is 0 Å². The van der Waals surface area contributed by atoms with Crippen LogP contribution in [0.5, 0.6) is 5.75 Å². The number of ether oxygens (including phenoxy) is 2. The molecule has 0 aromatic heterocycles. The molecule has 1 fully saturated rings. The Balaban J connectivity index is 1.81. The van der Waals surface area contributed by atoms with Gasteiger partial charge in [0.05, 0.1) is 12.7 Å². The summed E-state index contributed by atoms with van der Waals surface area (Å²) in [7, 11) is 1.80. The quantitative estimate of drug-likeness (QED) is 0.841. The lowest BCUT2D eigenvalue weighted by atomic mass is 10.2. The second-order valence-corrected chi connectivity index (χ2v) is 4.83. The van der Waals surface area contributed by atoms with Crippen LogP contribution >= 0.6 is 0 Å². The minimum Gasteiger partial charge on any atom is -0.494 e. The minimum absolute atomic E-state index is 0.442. The van der Waals surface area contributed by atoms with E-state index in [0.717, 1.165) is 25.3 Å². The highest BCUT2D eigenvalue weighted by atomic mass is 16.5. The first-order chi connectivity index (χ1) is 8.81. The van der Waals surface area contributed by atoms with Gasteiger partial charge in [-0.3, -0.25) is 0 Å². The van der Waals surface area contributed by atoms with Crippen molar-refractivity contribution >= 4 is 0 Å². The van der Waals surface area contributed by atoms with Gasteiger partial charge < -0.3 is 14.8 Å². The van der Waals surface area contributed by atoms with Gasteiger partial charge in [-0.15, -0.1) is 0 Å². The molecule has 1 aromatic rings. The maximum absolute atomic E-state index is 5.50. The average molecular weight is 249 g/mol. The van der Waals surface area contributed by atoms with E-state index in [1.54, 1.807) is 7.11 Å². The summed E-state index contributed by atoms with van der Waals surface area (Å²) in [6.07, 6.45) is 3.95. The fourth-order valence-electron chi connectivity index (χ4n) is 2.51. The van der Waals surface area contributed by atoms with Gasteiger partial charge in [0.15, 0.2) is 0 Å². The molecule has 0 heterocycles. The third-order valence-electron chi connectivity index (χ3n) is 3.52. The Hall–Kier alpha value is -1.06. The zero-order valence-electron chi connectivity index (χ0n) is 11.3. The third kappa shape index (κ3) is 3.72. The van der Waals surface area contributed by atoms with Gasteiger partial charge in [-0.25, -0.2) is 0 Å². The molecule has 1 aliphatic rings. The zero-order valence-corrected chi connectivity index (χ0v) is 11.3. The van der Waals surface area contributed by atoms with Crippen LogP contribution in [-0.2, 0) is 11.3 Å². The predicted octanol–water partition coefficient (Wildman–Crippen LogP) is 2.74. The zero-order chi connectivity index (χ0) is 12.8. The number of hydrogen-bond acceptors (Lipinski definition) is 3. The molecule has 0 bridgehead atoms. The standard InChI is InChI=1S/C15H23NO2/c1-3-18-15-6-4-5-12(9-15)11-16-13-7-8-14(10-13)17-2/h4-6,9,13-14,16H,3,7-8,10-11H2,1-2H3. The minimum atomic E-state index is 0.442. The molecule has 2 atom stereocenters. The summed E-state index contributed by atoms with van der Waals surface area (Å²) in [6.45, 7) is 3.63. The molecule has 100 valence electrons. The Morgan fingerprint density at radius 3 is 2.94 bits per heavy atom. The lowest BCUT2D eigenvalue weighted by Crippen LogP contribution is -2.26. The van der Waals surface area contributed by atoms with Crippen molar-refractivity contribution in [2.24, 2.45) is 0 Å². The fraction of sp³-hybridized carbons (Fsp3) is 0.600. The van der Waals surface area contributed by atoms with Gasteiger partial charge in [0, 0.05) is 19.7 Å². The van der Waals surface area contributed by atoms with E-state index < -0.39 is 0 Å². The molecule has 2 rings (SSSR count). The van der Waals surface area contributed by atoms with Crippen LogP contribution in [0.3, 0.4) is 0 Å². The van der Waals surface area contributed by atoms with Gasteiger partial charge in [0.2, 0.25) is 0 Å². The number of nitrogens with one attached hydrogen (secondary N) is 1. The van der Waals surface area contributed by atoms with Crippen LogP contribution in [0.2, 0.25) is 0 Å². The maximum Gasteiger partial charge on any atom is 0.119 e. The molecule has 18 heavy (non-hydrogen) atoms. The summed E-state index contributed by atoms with van der Waals surface area (Å²) >= 11 is 0. The van der Waals surface area contributed by atoms with Crippen LogP contribution < -0.4 is 10.1 Å². The second kappa shape index (κ2) is 6.76. The van der Waals surface area contributed by atoms with Gasteiger partial charge in [-0.1, -0.05) is 12.1 Å². The SMILES string of the molecule is CCOc1cccc(CNC2CCC(OC)C2)c1. The largest absolute Gasteiger partial charge is 0.494 e. The number of rotatable bonds is 6. The Morgan fingerprint density at radius 2 is 2.22 bits per heavy atom. The van der Waals surface area contributed by atoms with Crippen molar-refractivity contribution in [1.29, 1.82) is 0 Å². The topological polar surface area (TPSA) is 30.5 Å². The van der Waals surface area contributed by atoms with Gasteiger partial charge >= 0.3 is 0 Å². The molecule has 1 saturated carbocycles. The van der Waals surface area contributed by atoms with Crippen molar-refractivity contribution in [2.45, 2.75) is 44.9 Å². The Bertz CT molecular complexity index is 367. The highest BCUT2D eigenvalue weighted by Gasteiger charge is 2.23. The summed E-state index contributed by atoms with van der Waals surface area (Å²) in [6, 6.07) is 8.89. The first kappa shape index (κ1) is 13.4. The van der Waals surface area contributed by atoms with Crippen molar-refractivity contribution in [3.05, 3.63) is 29.8 Å². The van der Waals surface area contributed by atoms with Gasteiger partial charge in [-0.2, -0.15) is 0 Å². The summed E-state index contributed by atoms with van der Waals surface area (Å²) in [5.41, 5.74) is 1.28. The van der Waals surface area contributed by atoms with E-state index in [-0.39, 0.29) is 0 Å². The number of hydrogen-bond donors (Lipinski definition) is 1. The van der Waals surface area contributed by atoms with Crippen LogP contribution in [0.15, 0.2) is 24.3 Å². The van der Waals surface area contributed by atoms with Crippen LogP contribution in [0, 0.1) is 0 Å². The van der Waals surface area contributed by atoms with E-state index in [4.69, 9.17) is 9.47 Å². The Labute approximate surface area is 109 Å². The highest BCUT2D eigenvalue weighted by molar-refractivity contribution is 5.28. The molecule has 2 unspecified atom stereocenters. The molecule has 0 spiro atoms. The lowest BCUT2D eigenvalue weighted by molar-refractivity contribution is 0.107. The molecule has 1 aromatic carbocycles. The Morgan fingerprint density at radius 1 is 1.33 bits per heavy atom. The predicted molar refractivity (Wildman–Crippen MR) is 72.9 cm³/mol. The van der Waals surface area contributed by atoms with Crippen LogP contribution in [0.1, 0.15) is 31.7 Å². The van der Waals surface area contributed by atoms with E-state index in [2.05, 4.69) is 23.5 Å². The average Bonchev–Trinajstić information content (AvgIpc) is 2.85. The smallest absolute Gasteiger partial charge is 0.119 e. The fourth-order valence-corrected chi connectivity index (χ4v) is 2.51. The third-order valence-corrected chi connectivity index (χ3v) is 3.52. The van der Waals surface area contributed by atoms with Gasteiger partial charge in [-0.05, 0) is 43.9 Å². The normalized spacial score (nSPS) is 23.2. The van der Waals surface area contributed by atoms with Crippen molar-refractivity contribution in [3.8, 4) is 5.75 Å². The number of benzene rings is 1. The molecule has 0 amide bonds. The van der Waals surface area contributed by atoms with Crippen molar-refractivity contribution in [1.82, 2.24) is 5.32 Å². The van der Waals surface area contributed by atoms with E-state index in [0.29, 0.717) is 12.1 Å². The molecule has 3 nitrogen and oxygen atoms in total.